The Balaban J connectivity index is 1.70. The summed E-state index contributed by atoms with van der Waals surface area (Å²) < 4.78 is 6.89. The van der Waals surface area contributed by atoms with Gasteiger partial charge in [0.15, 0.2) is 0 Å². The van der Waals surface area contributed by atoms with E-state index in [2.05, 4.69) is 10.3 Å². The Bertz CT molecular complexity index is 780. The molecule has 1 amide bonds. The van der Waals surface area contributed by atoms with Crippen LogP contribution in [-0.4, -0.2) is 22.6 Å². The van der Waals surface area contributed by atoms with Gasteiger partial charge in [0.25, 0.3) is 5.91 Å². The summed E-state index contributed by atoms with van der Waals surface area (Å²) in [6, 6.07) is 17.2. The largest absolute Gasteiger partial charge is 0.497 e. The Morgan fingerprint density at radius 2 is 1.87 bits per heavy atom. The molecule has 1 N–H and O–H groups in total. The number of benzene rings is 2. The summed E-state index contributed by atoms with van der Waals surface area (Å²) in [6.07, 6.45) is 3.20. The number of imidazole rings is 1. The molecule has 0 bridgehead atoms. The summed E-state index contributed by atoms with van der Waals surface area (Å²) >= 11 is 0. The van der Waals surface area contributed by atoms with Gasteiger partial charge < -0.3 is 10.1 Å². The molecule has 116 valence electrons. The van der Waals surface area contributed by atoms with E-state index in [1.54, 1.807) is 24.2 Å². The zero-order valence-electron chi connectivity index (χ0n) is 12.8. The van der Waals surface area contributed by atoms with Crippen molar-refractivity contribution in [3.8, 4) is 11.4 Å². The Kier molecular flexibility index (Phi) is 4.38. The minimum atomic E-state index is -0.165. The second-order valence-corrected chi connectivity index (χ2v) is 5.02. The van der Waals surface area contributed by atoms with E-state index in [1.807, 2.05) is 54.6 Å². The number of amides is 1. The van der Waals surface area contributed by atoms with Gasteiger partial charge >= 0.3 is 0 Å². The first kappa shape index (κ1) is 14.8. The van der Waals surface area contributed by atoms with Crippen molar-refractivity contribution in [3.05, 3.63) is 78.4 Å². The molecule has 0 aliphatic carbocycles. The van der Waals surface area contributed by atoms with E-state index in [9.17, 15) is 4.79 Å². The molecular weight excluding hydrogens is 290 g/mol. The van der Waals surface area contributed by atoms with Gasteiger partial charge in [0.2, 0.25) is 0 Å². The van der Waals surface area contributed by atoms with E-state index < -0.39 is 0 Å². The molecule has 1 heterocycles. The smallest absolute Gasteiger partial charge is 0.270 e. The number of carbonyl (C=O) groups excluding carboxylic acids is 1. The molecule has 0 spiro atoms. The summed E-state index contributed by atoms with van der Waals surface area (Å²) in [5, 5.41) is 2.91. The minimum absolute atomic E-state index is 0.165. The van der Waals surface area contributed by atoms with E-state index >= 15 is 0 Å². The summed E-state index contributed by atoms with van der Waals surface area (Å²) in [5.41, 5.74) is 2.41. The van der Waals surface area contributed by atoms with Crippen molar-refractivity contribution in [2.45, 2.75) is 6.54 Å². The van der Waals surface area contributed by atoms with Gasteiger partial charge in [0.05, 0.1) is 19.6 Å². The third-order valence-electron chi connectivity index (χ3n) is 3.52. The predicted molar refractivity (Wildman–Crippen MR) is 87.7 cm³/mol. The molecule has 0 unspecified atom stereocenters. The molecule has 2 aromatic carbocycles. The number of methoxy groups -OCH3 is 1. The molecule has 0 saturated heterocycles. The molecule has 3 aromatic rings. The highest BCUT2D eigenvalue weighted by atomic mass is 16.5. The molecular formula is C18H17N3O2. The van der Waals surface area contributed by atoms with Gasteiger partial charge in [0, 0.05) is 12.2 Å². The fourth-order valence-electron chi connectivity index (χ4n) is 2.27. The third kappa shape index (κ3) is 3.40. The van der Waals surface area contributed by atoms with Crippen molar-refractivity contribution in [2.24, 2.45) is 0 Å². The number of aromatic nitrogens is 2. The lowest BCUT2D eigenvalue weighted by molar-refractivity contribution is 0.0944. The normalized spacial score (nSPS) is 10.3. The Labute approximate surface area is 134 Å². The maximum atomic E-state index is 12.4. The topological polar surface area (TPSA) is 56.1 Å². The molecule has 5 heteroatoms. The summed E-state index contributed by atoms with van der Waals surface area (Å²) in [5.74, 6) is 0.629. The first-order valence-corrected chi connectivity index (χ1v) is 7.27. The average Bonchev–Trinajstić information content (AvgIpc) is 3.11. The predicted octanol–water partition coefficient (Wildman–Crippen LogP) is 2.81. The van der Waals surface area contributed by atoms with Gasteiger partial charge in [-0.15, -0.1) is 0 Å². The first-order valence-electron chi connectivity index (χ1n) is 7.27. The van der Waals surface area contributed by atoms with Crippen LogP contribution in [0.4, 0.5) is 0 Å². The number of rotatable bonds is 5. The number of nitrogens with one attached hydrogen (secondary N) is 1. The number of hydrogen-bond donors (Lipinski definition) is 1. The molecule has 0 fully saturated rings. The highest BCUT2D eigenvalue weighted by Crippen LogP contribution is 2.13. The lowest BCUT2D eigenvalue weighted by Gasteiger charge is -2.09. The van der Waals surface area contributed by atoms with Crippen LogP contribution in [0.5, 0.6) is 5.75 Å². The van der Waals surface area contributed by atoms with Gasteiger partial charge in [-0.2, -0.15) is 0 Å². The Morgan fingerprint density at radius 1 is 1.13 bits per heavy atom. The zero-order chi connectivity index (χ0) is 16.1. The SMILES string of the molecule is COc1ccc(CNC(=O)c2cncn2-c2ccccc2)cc1. The van der Waals surface area contributed by atoms with Gasteiger partial charge in [-0.1, -0.05) is 30.3 Å². The number of para-hydroxylation sites is 1. The quantitative estimate of drug-likeness (QED) is 0.788. The highest BCUT2D eigenvalue weighted by Gasteiger charge is 2.12. The van der Waals surface area contributed by atoms with Crippen LogP contribution in [0.2, 0.25) is 0 Å². The monoisotopic (exact) mass is 307 g/mol. The maximum absolute atomic E-state index is 12.4. The fraction of sp³-hybridized carbons (Fsp3) is 0.111. The molecule has 0 radical (unpaired) electrons. The molecule has 0 aliphatic rings. The lowest BCUT2D eigenvalue weighted by atomic mass is 10.2. The van der Waals surface area contributed by atoms with Crippen molar-refractivity contribution in [1.29, 1.82) is 0 Å². The van der Waals surface area contributed by atoms with Crippen LogP contribution in [0, 0.1) is 0 Å². The molecule has 0 atom stereocenters. The Morgan fingerprint density at radius 3 is 2.57 bits per heavy atom. The number of nitrogens with zero attached hydrogens (tertiary/aromatic N) is 2. The third-order valence-corrected chi connectivity index (χ3v) is 3.52. The van der Waals surface area contributed by atoms with E-state index in [1.165, 1.54) is 0 Å². The molecule has 0 saturated carbocycles. The van der Waals surface area contributed by atoms with E-state index in [-0.39, 0.29) is 5.91 Å². The second-order valence-electron chi connectivity index (χ2n) is 5.02. The maximum Gasteiger partial charge on any atom is 0.270 e. The molecule has 1 aromatic heterocycles. The number of carbonyl (C=O) groups is 1. The summed E-state index contributed by atoms with van der Waals surface area (Å²) in [6.45, 7) is 0.447. The van der Waals surface area contributed by atoms with Gasteiger partial charge in [-0.25, -0.2) is 4.98 Å². The number of ether oxygens (including phenoxy) is 1. The van der Waals surface area contributed by atoms with Crippen molar-refractivity contribution in [2.75, 3.05) is 7.11 Å². The average molecular weight is 307 g/mol. The van der Waals surface area contributed by atoms with Crippen LogP contribution < -0.4 is 10.1 Å². The number of hydrogen-bond acceptors (Lipinski definition) is 3. The Hall–Kier alpha value is -3.08. The van der Waals surface area contributed by atoms with Crippen LogP contribution in [0.3, 0.4) is 0 Å². The highest BCUT2D eigenvalue weighted by molar-refractivity contribution is 5.92. The van der Waals surface area contributed by atoms with E-state index in [4.69, 9.17) is 4.74 Å². The van der Waals surface area contributed by atoms with Crippen molar-refractivity contribution in [3.63, 3.8) is 0 Å². The fourth-order valence-corrected chi connectivity index (χ4v) is 2.27. The van der Waals surface area contributed by atoms with Crippen molar-refractivity contribution < 1.29 is 9.53 Å². The van der Waals surface area contributed by atoms with E-state index in [0.717, 1.165) is 17.0 Å². The van der Waals surface area contributed by atoms with Crippen LogP contribution in [0.1, 0.15) is 16.1 Å². The second kappa shape index (κ2) is 6.79. The summed E-state index contributed by atoms with van der Waals surface area (Å²) in [7, 11) is 1.63. The standard InChI is InChI=1S/C18H17N3O2/c1-23-16-9-7-14(8-10-16)11-20-18(22)17-12-19-13-21(17)15-5-3-2-4-6-15/h2-10,12-13H,11H2,1H3,(H,20,22). The molecule has 23 heavy (non-hydrogen) atoms. The van der Waals surface area contributed by atoms with Crippen molar-refractivity contribution >= 4 is 5.91 Å². The van der Waals surface area contributed by atoms with Crippen LogP contribution in [0.25, 0.3) is 5.69 Å². The van der Waals surface area contributed by atoms with Gasteiger partial charge in [0.1, 0.15) is 11.4 Å². The summed E-state index contributed by atoms with van der Waals surface area (Å²) in [4.78, 5) is 16.5. The molecule has 0 aliphatic heterocycles. The lowest BCUT2D eigenvalue weighted by Crippen LogP contribution is -2.25. The van der Waals surface area contributed by atoms with Gasteiger partial charge in [-0.05, 0) is 29.8 Å². The minimum Gasteiger partial charge on any atom is -0.497 e. The molecule has 3 rings (SSSR count). The zero-order valence-corrected chi connectivity index (χ0v) is 12.8. The van der Waals surface area contributed by atoms with Crippen LogP contribution >= 0.6 is 0 Å². The van der Waals surface area contributed by atoms with Crippen LogP contribution in [0.15, 0.2) is 67.1 Å². The molecule has 5 nitrogen and oxygen atoms in total. The first-order chi connectivity index (χ1) is 11.3. The van der Waals surface area contributed by atoms with E-state index in [0.29, 0.717) is 12.2 Å². The van der Waals surface area contributed by atoms with Crippen LogP contribution in [-0.2, 0) is 6.54 Å². The van der Waals surface area contributed by atoms with Gasteiger partial charge in [-0.3, -0.25) is 9.36 Å². The van der Waals surface area contributed by atoms with Crippen molar-refractivity contribution in [1.82, 2.24) is 14.9 Å².